The molecular weight excluding hydrogens is 411 g/mol. The minimum Gasteiger partial charge on any atom is -0.481 e. The van der Waals surface area contributed by atoms with Crippen LogP contribution in [0.2, 0.25) is 0 Å². The van der Waals surface area contributed by atoms with Gasteiger partial charge in [0.05, 0.1) is 6.67 Å². The third-order valence-electron chi connectivity index (χ3n) is 6.40. The number of anilines is 1. The first-order valence-corrected chi connectivity index (χ1v) is 10.7. The van der Waals surface area contributed by atoms with Gasteiger partial charge in [0.2, 0.25) is 5.88 Å². The van der Waals surface area contributed by atoms with E-state index in [0.29, 0.717) is 25.4 Å². The number of rotatable bonds is 7. The van der Waals surface area contributed by atoms with Crippen LogP contribution in [0.1, 0.15) is 44.1 Å². The van der Waals surface area contributed by atoms with E-state index in [-0.39, 0.29) is 30.2 Å². The molecule has 0 N–H and O–H groups in total. The lowest BCUT2D eigenvalue weighted by Gasteiger charge is -2.30. The van der Waals surface area contributed by atoms with Gasteiger partial charge in [-0.25, -0.2) is 13.6 Å². The average molecular weight is 435 g/mol. The first-order chi connectivity index (χ1) is 15.0. The number of fused-ring (bicyclic) bond motifs is 3. The van der Waals surface area contributed by atoms with Crippen LogP contribution in [0.15, 0.2) is 23.0 Å². The van der Waals surface area contributed by atoms with Crippen molar-refractivity contribution in [3.63, 3.8) is 0 Å². The summed E-state index contributed by atoms with van der Waals surface area (Å²) >= 11 is 0. The van der Waals surface area contributed by atoms with E-state index in [1.165, 1.54) is 0 Å². The molecule has 1 aliphatic carbocycles. The Kier molecular flexibility index (Phi) is 5.06. The van der Waals surface area contributed by atoms with Crippen molar-refractivity contribution in [3.8, 4) is 11.6 Å². The molecule has 0 spiro atoms. The molecule has 5 rings (SSSR count). The Hall–Kier alpha value is -2.71. The fraction of sp³-hybridized carbons (Fsp3) is 0.545. The van der Waals surface area contributed by atoms with Gasteiger partial charge >= 0.3 is 5.69 Å². The zero-order valence-corrected chi connectivity index (χ0v) is 17.1. The van der Waals surface area contributed by atoms with E-state index < -0.39 is 29.7 Å². The van der Waals surface area contributed by atoms with Gasteiger partial charge in [0.15, 0.2) is 17.4 Å². The molecule has 1 aromatic heterocycles. The van der Waals surface area contributed by atoms with E-state index in [2.05, 4.69) is 9.88 Å². The molecule has 166 valence electrons. The van der Waals surface area contributed by atoms with E-state index in [1.54, 1.807) is 10.6 Å². The number of hydrogen-bond donors (Lipinski definition) is 0. The van der Waals surface area contributed by atoms with Crippen molar-refractivity contribution in [2.45, 2.75) is 63.3 Å². The Morgan fingerprint density at radius 3 is 2.65 bits per heavy atom. The highest BCUT2D eigenvalue weighted by Gasteiger charge is 2.46. The van der Waals surface area contributed by atoms with E-state index >= 15 is 0 Å². The quantitative estimate of drug-likeness (QED) is 0.663. The van der Waals surface area contributed by atoms with Gasteiger partial charge in [-0.3, -0.25) is 8.96 Å². The van der Waals surface area contributed by atoms with Gasteiger partial charge in [-0.05, 0) is 49.8 Å². The maximum atomic E-state index is 14.5. The Balaban J connectivity index is 1.31. The number of piperidine rings is 1. The van der Waals surface area contributed by atoms with Crippen LogP contribution in [0.5, 0.6) is 11.6 Å². The van der Waals surface area contributed by atoms with Crippen molar-refractivity contribution in [1.82, 2.24) is 9.55 Å². The van der Waals surface area contributed by atoms with Gasteiger partial charge in [0.1, 0.15) is 18.0 Å². The standard InChI is InChI=1S/C22H24F3N3O3/c23-7-6-22(4-5-22)31-20-16(24)9-14(10-17(20)25)13-30-18-11-19-27-8-2-1-3-15(27)12-28(19)21(29)26-18/h9-11,15H,1-8,12-13H2. The van der Waals surface area contributed by atoms with Crippen LogP contribution in [0.3, 0.4) is 0 Å². The van der Waals surface area contributed by atoms with Gasteiger partial charge < -0.3 is 14.4 Å². The topological polar surface area (TPSA) is 56.6 Å². The average Bonchev–Trinajstić information content (AvgIpc) is 3.40. The molecule has 1 atom stereocenters. The molecule has 1 saturated carbocycles. The van der Waals surface area contributed by atoms with Crippen molar-refractivity contribution >= 4 is 5.82 Å². The molecule has 2 aromatic rings. The molecule has 1 aromatic carbocycles. The lowest BCUT2D eigenvalue weighted by molar-refractivity contribution is 0.142. The van der Waals surface area contributed by atoms with Crippen molar-refractivity contribution in [2.75, 3.05) is 18.1 Å². The van der Waals surface area contributed by atoms with Crippen molar-refractivity contribution in [3.05, 3.63) is 45.9 Å². The first kappa shape index (κ1) is 20.2. The lowest BCUT2D eigenvalue weighted by atomic mass is 10.0. The summed E-state index contributed by atoms with van der Waals surface area (Å²) in [5, 5.41) is 0. The largest absolute Gasteiger partial charge is 0.481 e. The Morgan fingerprint density at radius 2 is 1.94 bits per heavy atom. The summed E-state index contributed by atoms with van der Waals surface area (Å²) in [6, 6.07) is 4.28. The summed E-state index contributed by atoms with van der Waals surface area (Å²) in [4.78, 5) is 18.6. The second kappa shape index (κ2) is 7.76. The number of alkyl halides is 1. The molecule has 0 bridgehead atoms. The van der Waals surface area contributed by atoms with Gasteiger partial charge in [-0.2, -0.15) is 4.98 Å². The smallest absolute Gasteiger partial charge is 0.352 e. The SMILES string of the molecule is O=c1nc(OCc2cc(F)c(OC3(CCF)CC3)c(F)c2)cc2n1CC1CCCCN21. The number of ether oxygens (including phenoxy) is 2. The second-order valence-electron chi connectivity index (χ2n) is 8.59. The van der Waals surface area contributed by atoms with Crippen LogP contribution < -0.4 is 20.1 Å². The number of benzene rings is 1. The van der Waals surface area contributed by atoms with E-state index in [1.807, 2.05) is 0 Å². The highest BCUT2D eigenvalue weighted by atomic mass is 19.1. The Bertz CT molecular complexity index is 1030. The van der Waals surface area contributed by atoms with Crippen LogP contribution in [-0.4, -0.2) is 34.4 Å². The lowest BCUT2D eigenvalue weighted by Crippen LogP contribution is -2.36. The fourth-order valence-electron chi connectivity index (χ4n) is 4.54. The zero-order chi connectivity index (χ0) is 21.6. The minimum absolute atomic E-state index is 0.119. The third kappa shape index (κ3) is 3.85. The highest BCUT2D eigenvalue weighted by molar-refractivity contribution is 5.47. The third-order valence-corrected chi connectivity index (χ3v) is 6.40. The molecule has 3 heterocycles. The van der Waals surface area contributed by atoms with Gasteiger partial charge in [0.25, 0.3) is 0 Å². The summed E-state index contributed by atoms with van der Waals surface area (Å²) in [6.45, 7) is 0.767. The number of halogens is 3. The molecule has 2 fully saturated rings. The monoisotopic (exact) mass is 435 g/mol. The fourth-order valence-corrected chi connectivity index (χ4v) is 4.54. The van der Waals surface area contributed by atoms with Crippen LogP contribution in [0.4, 0.5) is 19.0 Å². The summed E-state index contributed by atoms with van der Waals surface area (Å²) in [5.41, 5.74) is -0.932. The number of hydrogen-bond acceptors (Lipinski definition) is 5. The minimum atomic E-state index is -0.859. The predicted molar refractivity (Wildman–Crippen MR) is 107 cm³/mol. The predicted octanol–water partition coefficient (Wildman–Crippen LogP) is 3.74. The second-order valence-corrected chi connectivity index (χ2v) is 8.59. The molecule has 3 aliphatic rings. The highest BCUT2D eigenvalue weighted by Crippen LogP contribution is 2.44. The maximum Gasteiger partial charge on any atom is 0.352 e. The number of aromatic nitrogens is 2. The van der Waals surface area contributed by atoms with Crippen molar-refractivity contribution < 1.29 is 22.6 Å². The molecule has 9 heteroatoms. The first-order valence-electron chi connectivity index (χ1n) is 10.7. The molecule has 6 nitrogen and oxygen atoms in total. The normalized spacial score (nSPS) is 20.9. The van der Waals surface area contributed by atoms with Crippen molar-refractivity contribution in [1.29, 1.82) is 0 Å². The molecule has 31 heavy (non-hydrogen) atoms. The molecule has 0 radical (unpaired) electrons. The molecule has 0 amide bonds. The van der Waals surface area contributed by atoms with Gasteiger partial charge in [-0.15, -0.1) is 0 Å². The molecule has 1 unspecified atom stereocenters. The van der Waals surface area contributed by atoms with Crippen LogP contribution in [0.25, 0.3) is 0 Å². The summed E-state index contributed by atoms with van der Waals surface area (Å²) in [5.74, 6) is -1.30. The van der Waals surface area contributed by atoms with Crippen LogP contribution in [0, 0.1) is 11.6 Å². The van der Waals surface area contributed by atoms with Crippen LogP contribution >= 0.6 is 0 Å². The van der Waals surface area contributed by atoms with E-state index in [0.717, 1.165) is 43.8 Å². The summed E-state index contributed by atoms with van der Waals surface area (Å²) in [6.07, 6.45) is 4.54. The van der Waals surface area contributed by atoms with Crippen LogP contribution in [-0.2, 0) is 13.2 Å². The van der Waals surface area contributed by atoms with E-state index in [4.69, 9.17) is 9.47 Å². The Morgan fingerprint density at radius 1 is 1.16 bits per heavy atom. The Labute approximate surface area is 177 Å². The molecular formula is C22H24F3N3O3. The summed E-state index contributed by atoms with van der Waals surface area (Å²) in [7, 11) is 0. The zero-order valence-electron chi connectivity index (χ0n) is 17.1. The summed E-state index contributed by atoms with van der Waals surface area (Å²) < 4.78 is 54.3. The number of nitrogens with zero attached hydrogens (tertiary/aromatic N) is 3. The van der Waals surface area contributed by atoms with Crippen molar-refractivity contribution in [2.24, 2.45) is 0 Å². The maximum absolute atomic E-state index is 14.5. The molecule has 1 saturated heterocycles. The van der Waals surface area contributed by atoms with E-state index in [9.17, 15) is 18.0 Å². The van der Waals surface area contributed by atoms with Gasteiger partial charge in [-0.1, -0.05) is 0 Å². The van der Waals surface area contributed by atoms with Gasteiger partial charge in [0, 0.05) is 31.6 Å². The molecule has 2 aliphatic heterocycles.